The molecular weight excluding hydrogens is 350 g/mol. The maximum absolute atomic E-state index is 12.7. The molecule has 144 valence electrons. The zero-order valence-corrected chi connectivity index (χ0v) is 16.0. The molecule has 5 nitrogen and oxygen atoms in total. The number of nitrogens with zero attached hydrogens (tertiary/aromatic N) is 1. The molecule has 1 unspecified atom stereocenters. The van der Waals surface area contributed by atoms with Crippen LogP contribution in [0.5, 0.6) is 5.75 Å². The molecule has 2 aromatic carbocycles. The number of benzene rings is 2. The van der Waals surface area contributed by atoms with Gasteiger partial charge in [0.15, 0.2) is 0 Å². The molecule has 1 amide bonds. The highest BCUT2D eigenvalue weighted by Gasteiger charge is 2.22. The van der Waals surface area contributed by atoms with Crippen LogP contribution < -0.4 is 10.1 Å². The molecule has 1 atom stereocenters. The number of imidazole rings is 1. The molecule has 0 spiro atoms. The van der Waals surface area contributed by atoms with E-state index in [1.165, 1.54) is 12.8 Å². The smallest absolute Gasteiger partial charge is 0.251 e. The molecule has 3 aromatic rings. The van der Waals surface area contributed by atoms with Gasteiger partial charge in [0.1, 0.15) is 11.6 Å². The van der Waals surface area contributed by atoms with E-state index in [0.29, 0.717) is 11.5 Å². The zero-order valence-electron chi connectivity index (χ0n) is 16.0. The summed E-state index contributed by atoms with van der Waals surface area (Å²) in [6, 6.07) is 17.2. The maximum Gasteiger partial charge on any atom is 0.251 e. The molecule has 1 heterocycles. The highest BCUT2D eigenvalue weighted by molar-refractivity contribution is 5.94. The second-order valence-electron chi connectivity index (χ2n) is 7.26. The van der Waals surface area contributed by atoms with Gasteiger partial charge in [-0.3, -0.25) is 4.79 Å². The number of nitrogens with one attached hydrogen (secondary N) is 2. The second-order valence-corrected chi connectivity index (χ2v) is 7.26. The first kappa shape index (κ1) is 18.3. The Kier molecular flexibility index (Phi) is 5.42. The fraction of sp³-hybridized carbons (Fsp3) is 0.304. The van der Waals surface area contributed by atoms with Crippen molar-refractivity contribution >= 4 is 5.91 Å². The molecular formula is C23H25N3O2. The van der Waals surface area contributed by atoms with Crippen molar-refractivity contribution in [3.8, 4) is 17.0 Å². The third kappa shape index (κ3) is 4.42. The van der Waals surface area contributed by atoms with Gasteiger partial charge in [0, 0.05) is 5.56 Å². The molecule has 1 fully saturated rings. The summed E-state index contributed by atoms with van der Waals surface area (Å²) in [5, 5.41) is 3.07. The maximum atomic E-state index is 12.7. The lowest BCUT2D eigenvalue weighted by atomic mass is 10.1. The van der Waals surface area contributed by atoms with Crippen molar-refractivity contribution in [3.05, 3.63) is 72.2 Å². The Labute approximate surface area is 165 Å². The molecule has 0 bridgehead atoms. The standard InChI is InChI=1S/C23H25N3O2/c1-2-20(22-24-14-21(25-22)17-6-4-3-5-7-17)26-23(27)18-10-12-19(13-11-18)28-15-16-8-9-16/h3-7,10-14,16,20H,2,8-9,15H2,1H3,(H,24,25)(H,26,27). The largest absolute Gasteiger partial charge is 0.493 e. The molecule has 28 heavy (non-hydrogen) atoms. The van der Waals surface area contributed by atoms with Gasteiger partial charge in [0.25, 0.3) is 5.91 Å². The van der Waals surface area contributed by atoms with E-state index in [-0.39, 0.29) is 11.9 Å². The van der Waals surface area contributed by atoms with Crippen LogP contribution in [-0.2, 0) is 0 Å². The van der Waals surface area contributed by atoms with E-state index in [4.69, 9.17) is 4.74 Å². The number of hydrogen-bond acceptors (Lipinski definition) is 3. The Hall–Kier alpha value is -3.08. The van der Waals surface area contributed by atoms with Gasteiger partial charge < -0.3 is 15.0 Å². The first-order valence-electron chi connectivity index (χ1n) is 9.87. The molecule has 2 N–H and O–H groups in total. The van der Waals surface area contributed by atoms with E-state index in [1.807, 2.05) is 67.7 Å². The van der Waals surface area contributed by atoms with Crippen molar-refractivity contribution < 1.29 is 9.53 Å². The van der Waals surface area contributed by atoms with E-state index >= 15 is 0 Å². The van der Waals surface area contributed by atoms with Gasteiger partial charge in [0.05, 0.1) is 24.5 Å². The van der Waals surface area contributed by atoms with Crippen molar-refractivity contribution in [2.45, 2.75) is 32.2 Å². The molecule has 1 aromatic heterocycles. The number of aromatic nitrogens is 2. The van der Waals surface area contributed by atoms with Gasteiger partial charge in [-0.15, -0.1) is 0 Å². The molecule has 1 aliphatic rings. The van der Waals surface area contributed by atoms with E-state index in [1.54, 1.807) is 0 Å². The first-order chi connectivity index (χ1) is 13.7. The number of carbonyl (C=O) groups is 1. The summed E-state index contributed by atoms with van der Waals surface area (Å²) in [5.74, 6) is 2.17. The summed E-state index contributed by atoms with van der Waals surface area (Å²) in [6.07, 6.45) is 5.08. The fourth-order valence-corrected chi connectivity index (χ4v) is 3.08. The molecule has 1 saturated carbocycles. The number of aromatic amines is 1. The Balaban J connectivity index is 1.40. The predicted octanol–water partition coefficient (Wildman–Crippen LogP) is 4.75. The van der Waals surface area contributed by atoms with Crippen molar-refractivity contribution in [1.82, 2.24) is 15.3 Å². The Morgan fingerprint density at radius 1 is 1.18 bits per heavy atom. The minimum Gasteiger partial charge on any atom is -0.493 e. The minimum atomic E-state index is -0.171. The van der Waals surface area contributed by atoms with E-state index in [9.17, 15) is 4.79 Å². The molecule has 1 aliphatic carbocycles. The van der Waals surface area contributed by atoms with Crippen LogP contribution in [-0.4, -0.2) is 22.5 Å². The van der Waals surface area contributed by atoms with Crippen LogP contribution in [0.4, 0.5) is 0 Å². The van der Waals surface area contributed by atoms with Crippen LogP contribution in [0.3, 0.4) is 0 Å². The molecule has 0 saturated heterocycles. The normalized spacial score (nSPS) is 14.5. The average Bonchev–Trinajstić information content (AvgIpc) is 3.45. The second kappa shape index (κ2) is 8.30. The number of ether oxygens (including phenoxy) is 1. The Morgan fingerprint density at radius 3 is 2.61 bits per heavy atom. The summed E-state index contributed by atoms with van der Waals surface area (Å²) >= 11 is 0. The van der Waals surface area contributed by atoms with Crippen LogP contribution in [0.2, 0.25) is 0 Å². The summed E-state index contributed by atoms with van der Waals surface area (Å²) < 4.78 is 5.73. The van der Waals surface area contributed by atoms with Gasteiger partial charge in [-0.05, 0) is 55.0 Å². The van der Waals surface area contributed by atoms with Crippen LogP contribution in [0.15, 0.2) is 60.8 Å². The highest BCUT2D eigenvalue weighted by atomic mass is 16.5. The van der Waals surface area contributed by atoms with Crippen LogP contribution in [0, 0.1) is 5.92 Å². The van der Waals surface area contributed by atoms with Crippen LogP contribution in [0.1, 0.15) is 48.4 Å². The van der Waals surface area contributed by atoms with Gasteiger partial charge in [-0.2, -0.15) is 0 Å². The minimum absolute atomic E-state index is 0.113. The number of hydrogen-bond donors (Lipinski definition) is 2. The average molecular weight is 375 g/mol. The molecule has 5 heteroatoms. The number of carbonyl (C=O) groups excluding carboxylic acids is 1. The number of amides is 1. The SMILES string of the molecule is CCC(NC(=O)c1ccc(OCC2CC2)cc1)c1ncc(-c2ccccc2)[nH]1. The van der Waals surface area contributed by atoms with E-state index in [2.05, 4.69) is 15.3 Å². The van der Waals surface area contributed by atoms with Crippen LogP contribution in [0.25, 0.3) is 11.3 Å². The molecule has 0 aliphatic heterocycles. The monoisotopic (exact) mass is 375 g/mol. The van der Waals surface area contributed by atoms with Crippen LogP contribution >= 0.6 is 0 Å². The number of rotatable bonds is 8. The van der Waals surface area contributed by atoms with Crippen molar-refractivity contribution in [2.24, 2.45) is 5.92 Å². The molecule has 4 rings (SSSR count). The Morgan fingerprint density at radius 2 is 1.93 bits per heavy atom. The lowest BCUT2D eigenvalue weighted by molar-refractivity contribution is 0.0934. The lowest BCUT2D eigenvalue weighted by Crippen LogP contribution is -2.28. The Bertz CT molecular complexity index is 915. The zero-order chi connectivity index (χ0) is 19.3. The summed E-state index contributed by atoms with van der Waals surface area (Å²) in [7, 11) is 0. The third-order valence-electron chi connectivity index (χ3n) is 5.02. The van der Waals surface area contributed by atoms with E-state index < -0.39 is 0 Å². The highest BCUT2D eigenvalue weighted by Crippen LogP contribution is 2.29. The summed E-state index contributed by atoms with van der Waals surface area (Å²) in [5.41, 5.74) is 2.64. The number of H-pyrrole nitrogens is 1. The topological polar surface area (TPSA) is 67.0 Å². The van der Waals surface area contributed by atoms with Gasteiger partial charge in [-0.1, -0.05) is 37.3 Å². The first-order valence-corrected chi connectivity index (χ1v) is 9.87. The summed E-state index contributed by atoms with van der Waals surface area (Å²) in [4.78, 5) is 20.5. The van der Waals surface area contributed by atoms with E-state index in [0.717, 1.165) is 35.9 Å². The quantitative estimate of drug-likeness (QED) is 0.597. The molecule has 0 radical (unpaired) electrons. The summed E-state index contributed by atoms with van der Waals surface area (Å²) in [6.45, 7) is 2.80. The fourth-order valence-electron chi connectivity index (χ4n) is 3.08. The third-order valence-corrected chi connectivity index (χ3v) is 5.02. The lowest BCUT2D eigenvalue weighted by Gasteiger charge is -2.15. The van der Waals surface area contributed by atoms with Gasteiger partial charge in [0.2, 0.25) is 0 Å². The van der Waals surface area contributed by atoms with Crippen molar-refractivity contribution in [2.75, 3.05) is 6.61 Å². The van der Waals surface area contributed by atoms with Crippen molar-refractivity contribution in [1.29, 1.82) is 0 Å². The van der Waals surface area contributed by atoms with Crippen molar-refractivity contribution in [3.63, 3.8) is 0 Å². The van der Waals surface area contributed by atoms with Gasteiger partial charge >= 0.3 is 0 Å². The predicted molar refractivity (Wildman–Crippen MR) is 109 cm³/mol. The van der Waals surface area contributed by atoms with Gasteiger partial charge in [-0.25, -0.2) is 4.98 Å².